The lowest BCUT2D eigenvalue weighted by Gasteiger charge is -2.26. The Bertz CT molecular complexity index is 335. The van der Waals surface area contributed by atoms with E-state index >= 15 is 0 Å². The molecule has 3 N–H and O–H groups in total. The van der Waals surface area contributed by atoms with E-state index in [4.69, 9.17) is 5.73 Å². The second kappa shape index (κ2) is 5.46. The number of benzene rings is 1. The summed E-state index contributed by atoms with van der Waals surface area (Å²) in [7, 11) is 0. The average molecular weight is 218 g/mol. The van der Waals surface area contributed by atoms with Crippen LogP contribution in [0.5, 0.6) is 0 Å². The summed E-state index contributed by atoms with van der Waals surface area (Å²) in [5, 5.41) is 3.52. The van der Waals surface area contributed by atoms with Gasteiger partial charge < -0.3 is 11.1 Å². The zero-order valence-corrected chi connectivity index (χ0v) is 10.1. The second-order valence-corrected chi connectivity index (χ2v) is 4.83. The van der Waals surface area contributed by atoms with Crippen molar-refractivity contribution in [3.8, 4) is 0 Å². The van der Waals surface area contributed by atoms with E-state index < -0.39 is 0 Å². The van der Waals surface area contributed by atoms with Crippen LogP contribution in [0.25, 0.3) is 0 Å². The molecule has 2 heteroatoms. The van der Waals surface area contributed by atoms with Gasteiger partial charge in [0.1, 0.15) is 0 Å². The first-order valence-electron chi connectivity index (χ1n) is 6.32. The normalized spacial score (nSPS) is 21.5. The van der Waals surface area contributed by atoms with E-state index in [1.807, 2.05) is 0 Å². The smallest absolute Gasteiger partial charge is 0.0162 e. The number of hydrogen-bond donors (Lipinski definition) is 2. The molecule has 0 saturated heterocycles. The average Bonchev–Trinajstić information content (AvgIpc) is 2.35. The van der Waals surface area contributed by atoms with Gasteiger partial charge in [-0.25, -0.2) is 0 Å². The first-order valence-corrected chi connectivity index (χ1v) is 6.32. The predicted octanol–water partition coefficient (Wildman–Crippen LogP) is 2.04. The van der Waals surface area contributed by atoms with Crippen molar-refractivity contribution < 1.29 is 0 Å². The van der Waals surface area contributed by atoms with Crippen molar-refractivity contribution in [3.63, 3.8) is 0 Å². The quantitative estimate of drug-likeness (QED) is 0.811. The minimum absolute atomic E-state index is 0.425. The molecule has 1 aliphatic carbocycles. The van der Waals surface area contributed by atoms with E-state index in [-0.39, 0.29) is 0 Å². The molecule has 0 bridgehead atoms. The molecule has 1 aromatic rings. The van der Waals surface area contributed by atoms with Gasteiger partial charge in [-0.05, 0) is 43.2 Å². The van der Waals surface area contributed by atoms with Crippen molar-refractivity contribution in [1.82, 2.24) is 5.32 Å². The van der Waals surface area contributed by atoms with Crippen LogP contribution in [0.3, 0.4) is 0 Å². The Balaban J connectivity index is 2.01. The summed E-state index contributed by atoms with van der Waals surface area (Å²) in [6, 6.07) is 9.29. The Kier molecular flexibility index (Phi) is 3.97. The van der Waals surface area contributed by atoms with Crippen molar-refractivity contribution in [1.29, 1.82) is 0 Å². The SMILES string of the molecule is C[C@@H](CN)NCC1CCCc2ccccc21. The van der Waals surface area contributed by atoms with Crippen molar-refractivity contribution in [2.75, 3.05) is 13.1 Å². The molecule has 0 fully saturated rings. The topological polar surface area (TPSA) is 38.0 Å². The summed E-state index contributed by atoms with van der Waals surface area (Å²) in [5.74, 6) is 0.680. The third kappa shape index (κ3) is 2.63. The maximum Gasteiger partial charge on any atom is 0.0162 e. The molecule has 1 aromatic carbocycles. The summed E-state index contributed by atoms with van der Waals surface area (Å²) in [5.41, 5.74) is 8.71. The standard InChI is InChI=1S/C14H22N2/c1-11(9-15)16-10-13-7-4-6-12-5-2-3-8-14(12)13/h2-3,5,8,11,13,16H,4,6-7,9-10,15H2,1H3/t11-,13?/m0/s1. The molecule has 0 amide bonds. The van der Waals surface area contributed by atoms with Crippen LogP contribution in [0, 0.1) is 0 Å². The highest BCUT2D eigenvalue weighted by atomic mass is 14.9. The summed E-state index contributed by atoms with van der Waals surface area (Å²) in [6.45, 7) is 3.93. The third-order valence-corrected chi connectivity index (χ3v) is 3.56. The molecule has 0 spiro atoms. The fraction of sp³-hybridized carbons (Fsp3) is 0.571. The maximum absolute atomic E-state index is 5.62. The highest BCUT2D eigenvalue weighted by molar-refractivity contribution is 5.32. The second-order valence-electron chi connectivity index (χ2n) is 4.83. The number of aryl methyl sites for hydroxylation is 1. The minimum atomic E-state index is 0.425. The van der Waals surface area contributed by atoms with E-state index in [9.17, 15) is 0 Å². The van der Waals surface area contributed by atoms with Crippen LogP contribution in [0.15, 0.2) is 24.3 Å². The van der Waals surface area contributed by atoms with Crippen molar-refractivity contribution in [3.05, 3.63) is 35.4 Å². The third-order valence-electron chi connectivity index (χ3n) is 3.56. The van der Waals surface area contributed by atoms with Crippen LogP contribution in [-0.2, 0) is 6.42 Å². The highest BCUT2D eigenvalue weighted by Gasteiger charge is 2.19. The Labute approximate surface area is 98.2 Å². The monoisotopic (exact) mass is 218 g/mol. The van der Waals surface area contributed by atoms with Crippen LogP contribution in [0.4, 0.5) is 0 Å². The molecule has 1 unspecified atom stereocenters. The van der Waals surface area contributed by atoms with Gasteiger partial charge in [-0.2, -0.15) is 0 Å². The highest BCUT2D eigenvalue weighted by Crippen LogP contribution is 2.30. The van der Waals surface area contributed by atoms with Gasteiger partial charge in [-0.1, -0.05) is 24.3 Å². The summed E-state index contributed by atoms with van der Waals surface area (Å²) in [6.07, 6.45) is 3.88. The molecule has 0 heterocycles. The largest absolute Gasteiger partial charge is 0.329 e. The number of hydrogen-bond acceptors (Lipinski definition) is 2. The molecule has 0 aliphatic heterocycles. The van der Waals surface area contributed by atoms with Gasteiger partial charge >= 0.3 is 0 Å². The van der Waals surface area contributed by atoms with Crippen LogP contribution >= 0.6 is 0 Å². The summed E-state index contributed by atoms with van der Waals surface area (Å²) < 4.78 is 0. The molecule has 2 nitrogen and oxygen atoms in total. The van der Waals surface area contributed by atoms with Gasteiger partial charge in [0.25, 0.3) is 0 Å². The molecular formula is C14H22N2. The molecule has 0 aromatic heterocycles. The first-order chi connectivity index (χ1) is 7.81. The molecule has 1 aliphatic rings. The Morgan fingerprint density at radius 3 is 3.06 bits per heavy atom. The molecule has 16 heavy (non-hydrogen) atoms. The van der Waals surface area contributed by atoms with Gasteiger partial charge in [-0.3, -0.25) is 0 Å². The maximum atomic E-state index is 5.62. The summed E-state index contributed by atoms with van der Waals surface area (Å²) >= 11 is 0. The van der Waals surface area contributed by atoms with Crippen molar-refractivity contribution >= 4 is 0 Å². The minimum Gasteiger partial charge on any atom is -0.329 e. The zero-order chi connectivity index (χ0) is 11.4. The Morgan fingerprint density at radius 1 is 1.44 bits per heavy atom. The predicted molar refractivity (Wildman–Crippen MR) is 68.6 cm³/mol. The number of nitrogens with two attached hydrogens (primary N) is 1. The van der Waals surface area contributed by atoms with E-state index in [1.165, 1.54) is 19.3 Å². The first kappa shape index (κ1) is 11.6. The fourth-order valence-corrected chi connectivity index (χ4v) is 2.49. The van der Waals surface area contributed by atoms with E-state index in [1.54, 1.807) is 11.1 Å². The summed E-state index contributed by atoms with van der Waals surface area (Å²) in [4.78, 5) is 0. The van der Waals surface area contributed by atoms with Gasteiger partial charge in [0.05, 0.1) is 0 Å². The lowest BCUT2D eigenvalue weighted by molar-refractivity contribution is 0.468. The number of rotatable bonds is 4. The van der Waals surface area contributed by atoms with Gasteiger partial charge in [0.2, 0.25) is 0 Å². The molecule has 0 radical (unpaired) electrons. The van der Waals surface area contributed by atoms with E-state index in [2.05, 4.69) is 36.5 Å². The van der Waals surface area contributed by atoms with Crippen LogP contribution in [0.2, 0.25) is 0 Å². The van der Waals surface area contributed by atoms with Crippen molar-refractivity contribution in [2.45, 2.75) is 38.1 Å². The number of fused-ring (bicyclic) bond motifs is 1. The van der Waals surface area contributed by atoms with Gasteiger partial charge in [-0.15, -0.1) is 0 Å². The molecule has 2 atom stereocenters. The molecule has 0 saturated carbocycles. The molecule has 2 rings (SSSR count). The molecular weight excluding hydrogens is 196 g/mol. The molecule has 88 valence electrons. The Morgan fingerprint density at radius 2 is 2.25 bits per heavy atom. The lowest BCUT2D eigenvalue weighted by Crippen LogP contribution is -2.36. The van der Waals surface area contributed by atoms with Crippen LogP contribution < -0.4 is 11.1 Å². The lowest BCUT2D eigenvalue weighted by atomic mass is 9.83. The van der Waals surface area contributed by atoms with Crippen LogP contribution in [-0.4, -0.2) is 19.1 Å². The van der Waals surface area contributed by atoms with E-state index in [0.717, 1.165) is 6.54 Å². The van der Waals surface area contributed by atoms with Crippen LogP contribution in [0.1, 0.15) is 36.8 Å². The van der Waals surface area contributed by atoms with Gasteiger partial charge in [0, 0.05) is 19.1 Å². The Hall–Kier alpha value is -0.860. The van der Waals surface area contributed by atoms with E-state index in [0.29, 0.717) is 18.5 Å². The zero-order valence-electron chi connectivity index (χ0n) is 10.1. The van der Waals surface area contributed by atoms with Gasteiger partial charge in [0.15, 0.2) is 0 Å². The van der Waals surface area contributed by atoms with Crippen molar-refractivity contribution in [2.24, 2.45) is 5.73 Å². The number of nitrogens with one attached hydrogen (secondary N) is 1. The fourth-order valence-electron chi connectivity index (χ4n) is 2.49.